The molecule has 0 aliphatic carbocycles. The lowest BCUT2D eigenvalue weighted by atomic mass is 10.0. The van der Waals surface area contributed by atoms with Crippen molar-refractivity contribution in [3.05, 3.63) is 106 Å². The van der Waals surface area contributed by atoms with Gasteiger partial charge in [0.15, 0.2) is 11.7 Å². The van der Waals surface area contributed by atoms with E-state index in [1.807, 2.05) is 84.9 Å². The monoisotopic (exact) mass is 520 g/mol. The molecular weight excluding hydrogens is 500 g/mol. The highest BCUT2D eigenvalue weighted by atomic mass is 35.5. The number of halogens is 1. The number of benzene rings is 2. The SMILES string of the molecule is O=C(COc1ccccc1)Nc1ccc(N2C(=S)N[C@H](c3ccccn3)[C@@H]2c2ccc(Cl)s2)cc1. The van der Waals surface area contributed by atoms with Gasteiger partial charge in [0.2, 0.25) is 0 Å². The quantitative estimate of drug-likeness (QED) is 0.292. The van der Waals surface area contributed by atoms with Crippen molar-refractivity contribution in [1.82, 2.24) is 10.3 Å². The summed E-state index contributed by atoms with van der Waals surface area (Å²) in [5, 5.41) is 6.89. The highest BCUT2D eigenvalue weighted by Gasteiger charge is 2.41. The lowest BCUT2D eigenvalue weighted by molar-refractivity contribution is -0.118. The number of para-hydroxylation sites is 1. The summed E-state index contributed by atoms with van der Waals surface area (Å²) in [4.78, 5) is 20.0. The molecule has 1 aliphatic rings. The van der Waals surface area contributed by atoms with Gasteiger partial charge >= 0.3 is 0 Å². The number of nitrogens with one attached hydrogen (secondary N) is 2. The molecule has 3 heterocycles. The van der Waals surface area contributed by atoms with E-state index in [-0.39, 0.29) is 24.6 Å². The van der Waals surface area contributed by atoms with Crippen LogP contribution in [0.1, 0.15) is 22.7 Å². The molecule has 2 aromatic carbocycles. The Morgan fingerprint density at radius 3 is 2.51 bits per heavy atom. The number of amides is 1. The van der Waals surface area contributed by atoms with E-state index in [0.717, 1.165) is 16.3 Å². The van der Waals surface area contributed by atoms with Gasteiger partial charge < -0.3 is 20.3 Å². The molecule has 176 valence electrons. The molecule has 6 nitrogen and oxygen atoms in total. The van der Waals surface area contributed by atoms with Crippen LogP contribution in [0.5, 0.6) is 5.75 Å². The number of ether oxygens (including phenoxy) is 1. The first-order chi connectivity index (χ1) is 17.1. The highest BCUT2D eigenvalue weighted by molar-refractivity contribution is 7.80. The molecule has 9 heteroatoms. The number of hydrogen-bond donors (Lipinski definition) is 2. The smallest absolute Gasteiger partial charge is 0.262 e. The number of nitrogens with zero attached hydrogens (tertiary/aromatic N) is 2. The second-order valence-corrected chi connectivity index (χ2v) is 9.97. The largest absolute Gasteiger partial charge is 0.484 e. The Morgan fingerprint density at radius 1 is 1.06 bits per heavy atom. The molecule has 0 radical (unpaired) electrons. The van der Waals surface area contributed by atoms with Crippen LogP contribution in [0.3, 0.4) is 0 Å². The van der Waals surface area contributed by atoms with Crippen LogP contribution in [0.2, 0.25) is 4.34 Å². The van der Waals surface area contributed by atoms with Gasteiger partial charge in [-0.2, -0.15) is 0 Å². The van der Waals surface area contributed by atoms with Crippen LogP contribution in [0.4, 0.5) is 11.4 Å². The van der Waals surface area contributed by atoms with Crippen LogP contribution in [0, 0.1) is 0 Å². The fourth-order valence-electron chi connectivity index (χ4n) is 3.98. The van der Waals surface area contributed by atoms with Gasteiger partial charge in [0.25, 0.3) is 5.91 Å². The Hall–Kier alpha value is -3.46. The summed E-state index contributed by atoms with van der Waals surface area (Å²) in [6, 6.07) is 26.3. The molecule has 35 heavy (non-hydrogen) atoms. The number of anilines is 2. The molecule has 2 N–H and O–H groups in total. The molecule has 1 saturated heterocycles. The van der Waals surface area contributed by atoms with Crippen molar-refractivity contribution in [3.63, 3.8) is 0 Å². The minimum absolute atomic E-state index is 0.0706. The van der Waals surface area contributed by atoms with Gasteiger partial charge in [-0.25, -0.2) is 0 Å². The van der Waals surface area contributed by atoms with E-state index in [0.29, 0.717) is 20.9 Å². The number of hydrogen-bond acceptors (Lipinski definition) is 5. The van der Waals surface area contributed by atoms with Crippen LogP contribution in [0.25, 0.3) is 0 Å². The van der Waals surface area contributed by atoms with E-state index in [1.165, 1.54) is 11.3 Å². The van der Waals surface area contributed by atoms with E-state index in [1.54, 1.807) is 6.20 Å². The molecule has 1 aliphatic heterocycles. The maximum atomic E-state index is 12.3. The second-order valence-electron chi connectivity index (χ2n) is 7.84. The van der Waals surface area contributed by atoms with E-state index < -0.39 is 0 Å². The van der Waals surface area contributed by atoms with Crippen molar-refractivity contribution in [2.75, 3.05) is 16.8 Å². The molecule has 1 fully saturated rings. The van der Waals surface area contributed by atoms with Crippen molar-refractivity contribution < 1.29 is 9.53 Å². The number of carbonyl (C=O) groups excluding carboxylic acids is 1. The van der Waals surface area contributed by atoms with Crippen LogP contribution < -0.4 is 20.3 Å². The summed E-state index contributed by atoms with van der Waals surface area (Å²) in [5.74, 6) is 0.413. The average Bonchev–Trinajstić information content (AvgIpc) is 3.47. The van der Waals surface area contributed by atoms with Crippen molar-refractivity contribution in [2.24, 2.45) is 0 Å². The lowest BCUT2D eigenvalue weighted by Crippen LogP contribution is -2.29. The molecule has 0 spiro atoms. The van der Waals surface area contributed by atoms with Gasteiger partial charge in [-0.3, -0.25) is 9.78 Å². The molecule has 5 rings (SSSR count). The first-order valence-electron chi connectivity index (χ1n) is 10.9. The van der Waals surface area contributed by atoms with Crippen LogP contribution >= 0.6 is 35.2 Å². The van der Waals surface area contributed by atoms with Gasteiger partial charge in [0.05, 0.1) is 22.1 Å². The minimum atomic E-state index is -0.235. The number of thiocarbonyl (C=S) groups is 1. The number of carbonyl (C=O) groups is 1. The topological polar surface area (TPSA) is 66.5 Å². The molecule has 4 aromatic rings. The summed E-state index contributed by atoms with van der Waals surface area (Å²) < 4.78 is 6.23. The Balaban J connectivity index is 1.34. The van der Waals surface area contributed by atoms with Crippen molar-refractivity contribution in [1.29, 1.82) is 0 Å². The maximum Gasteiger partial charge on any atom is 0.262 e. The first kappa shape index (κ1) is 23.3. The summed E-state index contributed by atoms with van der Waals surface area (Å²) in [6.07, 6.45) is 1.78. The zero-order valence-electron chi connectivity index (χ0n) is 18.4. The van der Waals surface area contributed by atoms with E-state index >= 15 is 0 Å². The Morgan fingerprint density at radius 2 is 1.83 bits per heavy atom. The molecule has 0 unspecified atom stereocenters. The zero-order valence-corrected chi connectivity index (χ0v) is 20.8. The molecule has 2 atom stereocenters. The van der Waals surface area contributed by atoms with Crippen LogP contribution in [-0.4, -0.2) is 22.6 Å². The third-order valence-electron chi connectivity index (χ3n) is 5.53. The summed E-state index contributed by atoms with van der Waals surface area (Å²) in [7, 11) is 0. The third-order valence-corrected chi connectivity index (χ3v) is 7.14. The molecule has 2 aromatic heterocycles. The minimum Gasteiger partial charge on any atom is -0.484 e. The fraction of sp³-hybridized carbons (Fsp3) is 0.115. The number of rotatable bonds is 7. The first-order valence-corrected chi connectivity index (χ1v) is 12.5. The predicted octanol–water partition coefficient (Wildman–Crippen LogP) is 5.99. The van der Waals surface area contributed by atoms with Crippen molar-refractivity contribution in [2.45, 2.75) is 12.1 Å². The van der Waals surface area contributed by atoms with Gasteiger partial charge in [-0.15, -0.1) is 11.3 Å². The molecule has 0 bridgehead atoms. The summed E-state index contributed by atoms with van der Waals surface area (Å²) >= 11 is 13.5. The second kappa shape index (κ2) is 10.4. The zero-order chi connectivity index (χ0) is 24.2. The third kappa shape index (κ3) is 5.30. The van der Waals surface area contributed by atoms with Crippen LogP contribution in [0.15, 0.2) is 91.1 Å². The van der Waals surface area contributed by atoms with Gasteiger partial charge in [-0.05, 0) is 72.9 Å². The van der Waals surface area contributed by atoms with Gasteiger partial charge in [0, 0.05) is 22.4 Å². The van der Waals surface area contributed by atoms with Crippen LogP contribution in [-0.2, 0) is 4.79 Å². The molecular formula is C26H21ClN4O2S2. The van der Waals surface area contributed by atoms with E-state index in [9.17, 15) is 4.79 Å². The highest BCUT2D eigenvalue weighted by Crippen LogP contribution is 2.44. The Kier molecular flexibility index (Phi) is 6.94. The predicted molar refractivity (Wildman–Crippen MR) is 144 cm³/mol. The Labute approximate surface area is 217 Å². The number of thiophene rings is 1. The van der Waals surface area contributed by atoms with Gasteiger partial charge in [0.1, 0.15) is 5.75 Å². The maximum absolute atomic E-state index is 12.3. The Bertz CT molecular complexity index is 1320. The normalized spacial score (nSPS) is 17.2. The molecule has 0 saturated carbocycles. The lowest BCUT2D eigenvalue weighted by Gasteiger charge is -2.27. The van der Waals surface area contributed by atoms with Crippen molar-refractivity contribution >= 4 is 57.5 Å². The average molecular weight is 521 g/mol. The number of pyridine rings is 1. The summed E-state index contributed by atoms with van der Waals surface area (Å²) in [5.41, 5.74) is 2.47. The number of aromatic nitrogens is 1. The fourth-order valence-corrected chi connectivity index (χ4v) is 5.51. The van der Waals surface area contributed by atoms with E-state index in [2.05, 4.69) is 20.5 Å². The molecule has 1 amide bonds. The standard InChI is InChI=1S/C26H21ClN4O2S2/c27-22-14-13-21(35-22)25-24(20-8-4-5-15-28-20)30-26(34)31(25)18-11-9-17(10-12-18)29-23(32)16-33-19-6-2-1-3-7-19/h1-15,24-25H,16H2,(H,29,32)(H,30,34)/t24-,25+/m1/s1. The van der Waals surface area contributed by atoms with Crippen molar-refractivity contribution in [3.8, 4) is 5.75 Å². The van der Waals surface area contributed by atoms with Gasteiger partial charge in [-0.1, -0.05) is 35.9 Å². The summed E-state index contributed by atoms with van der Waals surface area (Å²) in [6.45, 7) is -0.0706. The van der Waals surface area contributed by atoms with E-state index in [4.69, 9.17) is 28.6 Å².